The Morgan fingerprint density at radius 2 is 2.14 bits per heavy atom. The minimum atomic E-state index is -0.407. The number of fused-ring (bicyclic) bond motifs is 2. The molecule has 2 heterocycles. The molecule has 1 fully saturated rings. The second kappa shape index (κ2) is 6.96. The first-order valence-electron chi connectivity index (χ1n) is 10.5. The van der Waals surface area contributed by atoms with Gasteiger partial charge in [-0.3, -0.25) is 4.98 Å². The van der Waals surface area contributed by atoms with Crippen molar-refractivity contribution >= 4 is 6.08 Å². The van der Waals surface area contributed by atoms with Crippen molar-refractivity contribution in [2.45, 2.75) is 45.6 Å². The van der Waals surface area contributed by atoms with Crippen LogP contribution in [0.25, 0.3) is 11.8 Å². The van der Waals surface area contributed by atoms with Crippen molar-refractivity contribution in [3.63, 3.8) is 0 Å². The maximum atomic E-state index is 10.9. The van der Waals surface area contributed by atoms with Crippen LogP contribution in [0.1, 0.15) is 54.7 Å². The van der Waals surface area contributed by atoms with Gasteiger partial charge in [-0.2, -0.15) is 5.10 Å². The van der Waals surface area contributed by atoms with Gasteiger partial charge in [-0.25, -0.2) is 4.68 Å². The summed E-state index contributed by atoms with van der Waals surface area (Å²) in [6.07, 6.45) is 11.6. The van der Waals surface area contributed by atoms with Crippen molar-refractivity contribution in [1.82, 2.24) is 14.8 Å². The molecule has 1 saturated carbocycles. The van der Waals surface area contributed by atoms with Gasteiger partial charge in [0.05, 0.1) is 29.9 Å². The van der Waals surface area contributed by atoms with Gasteiger partial charge in [-0.05, 0) is 73.3 Å². The SMILES string of the molecule is Cc1cccc(C(O)C[C@H]2CCC3=Cc4c(cnn4-c4cccnc4)C[C@@]32C)c1. The molecule has 0 amide bonds. The Hall–Kier alpha value is -2.72. The van der Waals surface area contributed by atoms with E-state index in [9.17, 15) is 5.11 Å². The number of aliphatic hydroxyl groups excluding tert-OH is 1. The van der Waals surface area contributed by atoms with E-state index in [1.807, 2.05) is 41.3 Å². The lowest BCUT2D eigenvalue weighted by Crippen LogP contribution is -2.30. The van der Waals surface area contributed by atoms with Crippen LogP contribution in [0.5, 0.6) is 0 Å². The molecule has 3 atom stereocenters. The topological polar surface area (TPSA) is 50.9 Å². The molecular formula is C25H27N3O. The third kappa shape index (κ3) is 3.12. The molecule has 5 rings (SSSR count). The number of allylic oxidation sites excluding steroid dienone is 1. The van der Waals surface area contributed by atoms with Gasteiger partial charge in [0.25, 0.3) is 0 Å². The molecule has 3 aromatic rings. The molecule has 0 spiro atoms. The van der Waals surface area contributed by atoms with Gasteiger partial charge in [0, 0.05) is 6.20 Å². The number of hydrogen-bond donors (Lipinski definition) is 1. The average molecular weight is 386 g/mol. The molecular weight excluding hydrogens is 358 g/mol. The number of aliphatic hydroxyl groups is 1. The summed E-state index contributed by atoms with van der Waals surface area (Å²) >= 11 is 0. The number of hydrogen-bond acceptors (Lipinski definition) is 3. The van der Waals surface area contributed by atoms with Crippen LogP contribution in [0.3, 0.4) is 0 Å². The van der Waals surface area contributed by atoms with Crippen LogP contribution in [0.15, 0.2) is 60.6 Å². The highest BCUT2D eigenvalue weighted by Gasteiger charge is 2.46. The van der Waals surface area contributed by atoms with Crippen LogP contribution in [0.4, 0.5) is 0 Å². The van der Waals surface area contributed by atoms with E-state index in [4.69, 9.17) is 0 Å². The Morgan fingerprint density at radius 1 is 1.24 bits per heavy atom. The van der Waals surface area contributed by atoms with E-state index >= 15 is 0 Å². The van der Waals surface area contributed by atoms with Gasteiger partial charge < -0.3 is 5.11 Å². The number of aromatic nitrogens is 3. The summed E-state index contributed by atoms with van der Waals surface area (Å²) < 4.78 is 2.00. The van der Waals surface area contributed by atoms with Crippen molar-refractivity contribution in [3.05, 3.63) is 82.9 Å². The first kappa shape index (κ1) is 18.3. The minimum absolute atomic E-state index is 0.0978. The minimum Gasteiger partial charge on any atom is -0.388 e. The fourth-order valence-corrected chi connectivity index (χ4v) is 5.28. The summed E-state index contributed by atoms with van der Waals surface area (Å²) in [6, 6.07) is 12.3. The Balaban J connectivity index is 1.42. The van der Waals surface area contributed by atoms with Crippen molar-refractivity contribution in [1.29, 1.82) is 0 Å². The molecule has 0 aliphatic heterocycles. The molecule has 1 unspecified atom stereocenters. The third-order valence-electron chi connectivity index (χ3n) is 6.98. The molecule has 4 heteroatoms. The quantitative estimate of drug-likeness (QED) is 0.683. The average Bonchev–Trinajstić information content (AvgIpc) is 3.27. The summed E-state index contributed by atoms with van der Waals surface area (Å²) in [6.45, 7) is 4.46. The number of pyridine rings is 1. The number of rotatable bonds is 4. The van der Waals surface area contributed by atoms with E-state index < -0.39 is 6.10 Å². The van der Waals surface area contributed by atoms with Gasteiger partial charge in [-0.15, -0.1) is 0 Å². The molecule has 1 aromatic carbocycles. The smallest absolute Gasteiger partial charge is 0.0835 e. The lowest BCUT2D eigenvalue weighted by atomic mass is 9.68. The molecule has 0 saturated heterocycles. The molecule has 2 aromatic heterocycles. The Kier molecular flexibility index (Phi) is 4.39. The molecule has 0 radical (unpaired) electrons. The normalized spacial score (nSPS) is 24.0. The molecule has 1 N–H and O–H groups in total. The largest absolute Gasteiger partial charge is 0.388 e. The van der Waals surface area contributed by atoms with Crippen molar-refractivity contribution in [3.8, 4) is 5.69 Å². The third-order valence-corrected chi connectivity index (χ3v) is 6.98. The van der Waals surface area contributed by atoms with Crippen molar-refractivity contribution < 1.29 is 5.11 Å². The predicted octanol–water partition coefficient (Wildman–Crippen LogP) is 5.06. The number of aryl methyl sites for hydroxylation is 1. The summed E-state index contributed by atoms with van der Waals surface area (Å²) in [5.74, 6) is 0.471. The molecule has 2 aliphatic carbocycles. The van der Waals surface area contributed by atoms with Crippen LogP contribution in [0.2, 0.25) is 0 Å². The zero-order valence-corrected chi connectivity index (χ0v) is 17.0. The maximum Gasteiger partial charge on any atom is 0.0835 e. The van der Waals surface area contributed by atoms with E-state index in [-0.39, 0.29) is 5.41 Å². The second-order valence-electron chi connectivity index (χ2n) is 8.84. The standard InChI is InChI=1S/C25H27N3O/c1-17-5-3-6-18(11-17)24(29)13-21-9-8-20-12-23-19(14-25(20,21)2)15-27-28(23)22-7-4-10-26-16-22/h3-7,10-12,15-16,21,24,29H,8-9,13-14H2,1-2H3/t21-,24?,25+/m1/s1. The maximum absolute atomic E-state index is 10.9. The lowest BCUT2D eigenvalue weighted by Gasteiger charge is -2.37. The number of nitrogens with zero attached hydrogens (tertiary/aromatic N) is 3. The molecule has 29 heavy (non-hydrogen) atoms. The van der Waals surface area contributed by atoms with Gasteiger partial charge in [-0.1, -0.05) is 42.3 Å². The van der Waals surface area contributed by atoms with Crippen molar-refractivity contribution in [2.24, 2.45) is 11.3 Å². The van der Waals surface area contributed by atoms with E-state index in [1.54, 1.807) is 6.20 Å². The van der Waals surface area contributed by atoms with Gasteiger partial charge >= 0.3 is 0 Å². The summed E-state index contributed by atoms with van der Waals surface area (Å²) in [5, 5.41) is 15.6. The fourth-order valence-electron chi connectivity index (χ4n) is 5.28. The van der Waals surface area contributed by atoms with Gasteiger partial charge in [0.1, 0.15) is 0 Å². The lowest BCUT2D eigenvalue weighted by molar-refractivity contribution is 0.112. The van der Waals surface area contributed by atoms with Gasteiger partial charge in [0.15, 0.2) is 0 Å². The monoisotopic (exact) mass is 385 g/mol. The van der Waals surface area contributed by atoms with E-state index in [0.717, 1.165) is 36.9 Å². The first-order valence-corrected chi connectivity index (χ1v) is 10.5. The fraction of sp³-hybridized carbons (Fsp3) is 0.360. The van der Waals surface area contributed by atoms with Gasteiger partial charge in [0.2, 0.25) is 0 Å². The molecule has 4 nitrogen and oxygen atoms in total. The zero-order valence-electron chi connectivity index (χ0n) is 17.0. The second-order valence-corrected chi connectivity index (χ2v) is 8.84. The Morgan fingerprint density at radius 3 is 2.93 bits per heavy atom. The molecule has 2 aliphatic rings. The van der Waals surface area contributed by atoms with Crippen molar-refractivity contribution in [2.75, 3.05) is 0 Å². The van der Waals surface area contributed by atoms with E-state index in [2.05, 4.69) is 42.1 Å². The highest BCUT2D eigenvalue weighted by molar-refractivity contribution is 5.61. The zero-order chi connectivity index (χ0) is 20.0. The summed E-state index contributed by atoms with van der Waals surface area (Å²) in [5.41, 5.74) is 7.30. The summed E-state index contributed by atoms with van der Waals surface area (Å²) in [4.78, 5) is 4.24. The first-order chi connectivity index (χ1) is 14.0. The van der Waals surface area contributed by atoms with Crippen LogP contribution in [-0.2, 0) is 6.42 Å². The highest BCUT2D eigenvalue weighted by Crippen LogP contribution is 2.55. The summed E-state index contributed by atoms with van der Waals surface area (Å²) in [7, 11) is 0. The Bertz CT molecular complexity index is 1070. The van der Waals surface area contributed by atoms with E-state index in [0.29, 0.717) is 5.92 Å². The van der Waals surface area contributed by atoms with Crippen LogP contribution < -0.4 is 0 Å². The molecule has 148 valence electrons. The van der Waals surface area contributed by atoms with E-state index in [1.165, 1.54) is 22.4 Å². The highest BCUT2D eigenvalue weighted by atomic mass is 16.3. The predicted molar refractivity (Wildman–Crippen MR) is 115 cm³/mol. The Labute approximate surface area is 171 Å². The van der Waals surface area contributed by atoms with Crippen LogP contribution in [0, 0.1) is 18.3 Å². The molecule has 0 bridgehead atoms. The van der Waals surface area contributed by atoms with Crippen LogP contribution in [-0.4, -0.2) is 19.9 Å². The van der Waals surface area contributed by atoms with Crippen LogP contribution >= 0.6 is 0 Å². The number of benzene rings is 1.